The van der Waals surface area contributed by atoms with E-state index in [-0.39, 0.29) is 0 Å². The highest BCUT2D eigenvalue weighted by Gasteiger charge is 2.14. The van der Waals surface area contributed by atoms with Crippen LogP contribution in [-0.4, -0.2) is 23.8 Å². The minimum Gasteiger partial charge on any atom is -0.496 e. The van der Waals surface area contributed by atoms with Crippen molar-refractivity contribution in [3.63, 3.8) is 0 Å². The van der Waals surface area contributed by atoms with Crippen LogP contribution in [0, 0.1) is 0 Å². The van der Waals surface area contributed by atoms with Crippen molar-refractivity contribution < 1.29 is 13.9 Å². The van der Waals surface area contributed by atoms with Crippen LogP contribution in [0.4, 0.5) is 0 Å². The molecule has 0 bridgehead atoms. The van der Waals surface area contributed by atoms with Crippen molar-refractivity contribution in [3.05, 3.63) is 47.3 Å². The number of aromatic nitrogens is 2. The lowest BCUT2D eigenvalue weighted by molar-refractivity contribution is 0.396. The molecule has 0 radical (unpaired) electrons. The molecule has 0 N–H and O–H groups in total. The van der Waals surface area contributed by atoms with Crippen molar-refractivity contribution in [2.24, 2.45) is 0 Å². The predicted octanol–water partition coefficient (Wildman–Crippen LogP) is 2.00. The molecule has 0 amide bonds. The maximum atomic E-state index is 11.7. The standard InChI is InChI=1S/C14H12N2O4/c1-18-9-5-11(19-2)14-10(16-4-3-15-8-16)7-13(17)20-12(14)6-9/h3-8H,1-2H3. The van der Waals surface area contributed by atoms with Crippen LogP contribution in [0.5, 0.6) is 11.5 Å². The van der Waals surface area contributed by atoms with Gasteiger partial charge >= 0.3 is 5.63 Å². The van der Waals surface area contributed by atoms with E-state index in [1.807, 2.05) is 0 Å². The summed E-state index contributed by atoms with van der Waals surface area (Å²) in [5.41, 5.74) is 0.599. The van der Waals surface area contributed by atoms with Gasteiger partial charge in [-0.3, -0.25) is 0 Å². The zero-order chi connectivity index (χ0) is 14.1. The average molecular weight is 272 g/mol. The van der Waals surface area contributed by atoms with Crippen LogP contribution in [0.3, 0.4) is 0 Å². The predicted molar refractivity (Wildman–Crippen MR) is 72.7 cm³/mol. The molecular formula is C14H12N2O4. The number of rotatable bonds is 3. The van der Waals surface area contributed by atoms with Gasteiger partial charge in [0.25, 0.3) is 0 Å². The number of methoxy groups -OCH3 is 2. The van der Waals surface area contributed by atoms with Crippen LogP contribution in [-0.2, 0) is 0 Å². The van der Waals surface area contributed by atoms with E-state index in [0.29, 0.717) is 28.2 Å². The van der Waals surface area contributed by atoms with Crippen LogP contribution in [0.25, 0.3) is 16.7 Å². The first-order chi connectivity index (χ1) is 9.72. The molecule has 0 spiro atoms. The van der Waals surface area contributed by atoms with E-state index in [1.165, 1.54) is 6.07 Å². The van der Waals surface area contributed by atoms with Crippen molar-refractivity contribution in [1.29, 1.82) is 0 Å². The second-order valence-corrected chi connectivity index (χ2v) is 4.12. The van der Waals surface area contributed by atoms with Crippen LogP contribution < -0.4 is 15.1 Å². The molecular weight excluding hydrogens is 260 g/mol. The number of imidazole rings is 1. The Morgan fingerprint density at radius 1 is 1.20 bits per heavy atom. The molecule has 2 heterocycles. The van der Waals surface area contributed by atoms with Gasteiger partial charge in [0.15, 0.2) is 0 Å². The topological polar surface area (TPSA) is 66.5 Å². The van der Waals surface area contributed by atoms with E-state index in [1.54, 1.807) is 49.6 Å². The Balaban J connectivity index is 2.43. The van der Waals surface area contributed by atoms with Gasteiger partial charge in [0.2, 0.25) is 0 Å². The monoisotopic (exact) mass is 272 g/mol. The molecule has 20 heavy (non-hydrogen) atoms. The van der Waals surface area contributed by atoms with Gasteiger partial charge in [-0.15, -0.1) is 0 Å². The van der Waals surface area contributed by atoms with Crippen LogP contribution in [0.1, 0.15) is 0 Å². The van der Waals surface area contributed by atoms with Crippen LogP contribution in [0.15, 0.2) is 46.1 Å². The Hall–Kier alpha value is -2.76. The number of nitrogens with zero attached hydrogens (tertiary/aromatic N) is 2. The molecule has 0 aliphatic rings. The summed E-state index contributed by atoms with van der Waals surface area (Å²) in [5, 5.41) is 0.686. The second-order valence-electron chi connectivity index (χ2n) is 4.12. The molecule has 3 rings (SSSR count). The van der Waals surface area contributed by atoms with Crippen molar-refractivity contribution in [1.82, 2.24) is 9.55 Å². The lowest BCUT2D eigenvalue weighted by atomic mass is 10.1. The molecule has 0 aliphatic heterocycles. The quantitative estimate of drug-likeness (QED) is 0.682. The van der Waals surface area contributed by atoms with E-state index < -0.39 is 5.63 Å². The van der Waals surface area contributed by atoms with E-state index in [0.717, 1.165) is 0 Å². The highest BCUT2D eigenvalue weighted by Crippen LogP contribution is 2.34. The molecule has 0 saturated heterocycles. The molecule has 6 nitrogen and oxygen atoms in total. The molecule has 0 unspecified atom stereocenters. The van der Waals surface area contributed by atoms with Gasteiger partial charge in [-0.2, -0.15) is 0 Å². The van der Waals surface area contributed by atoms with Gasteiger partial charge in [0, 0.05) is 30.6 Å². The molecule has 0 fully saturated rings. The van der Waals surface area contributed by atoms with Crippen LogP contribution in [0.2, 0.25) is 0 Å². The zero-order valence-corrected chi connectivity index (χ0v) is 11.0. The average Bonchev–Trinajstić information content (AvgIpc) is 2.98. The van der Waals surface area contributed by atoms with Crippen molar-refractivity contribution in [2.75, 3.05) is 14.2 Å². The first-order valence-corrected chi connectivity index (χ1v) is 5.91. The summed E-state index contributed by atoms with van der Waals surface area (Å²) >= 11 is 0. The third kappa shape index (κ3) is 1.91. The van der Waals surface area contributed by atoms with Gasteiger partial charge in [-0.05, 0) is 0 Å². The van der Waals surface area contributed by atoms with Gasteiger partial charge in [0.05, 0.1) is 31.6 Å². The fourth-order valence-electron chi connectivity index (χ4n) is 2.10. The summed E-state index contributed by atoms with van der Waals surface area (Å²) in [6.45, 7) is 0. The maximum absolute atomic E-state index is 11.7. The Morgan fingerprint density at radius 2 is 2.05 bits per heavy atom. The summed E-state index contributed by atoms with van der Waals surface area (Å²) in [4.78, 5) is 15.7. The van der Waals surface area contributed by atoms with Crippen molar-refractivity contribution in [3.8, 4) is 17.2 Å². The fraction of sp³-hybridized carbons (Fsp3) is 0.143. The Kier molecular flexibility index (Phi) is 2.90. The lowest BCUT2D eigenvalue weighted by Gasteiger charge is -2.11. The minimum absolute atomic E-state index is 0.400. The Morgan fingerprint density at radius 3 is 2.70 bits per heavy atom. The summed E-state index contributed by atoms with van der Waals surface area (Å²) < 4.78 is 17.5. The van der Waals surface area contributed by atoms with E-state index in [4.69, 9.17) is 13.9 Å². The summed E-state index contributed by atoms with van der Waals surface area (Å²) in [6, 6.07) is 4.79. The Labute approximate surface area is 114 Å². The van der Waals surface area contributed by atoms with Gasteiger partial charge in [-0.25, -0.2) is 9.78 Å². The summed E-state index contributed by atoms with van der Waals surface area (Å²) in [6.07, 6.45) is 4.99. The van der Waals surface area contributed by atoms with E-state index >= 15 is 0 Å². The van der Waals surface area contributed by atoms with E-state index in [2.05, 4.69) is 4.98 Å². The first-order valence-electron chi connectivity index (χ1n) is 5.91. The number of hydrogen-bond donors (Lipinski definition) is 0. The SMILES string of the molecule is COc1cc(OC)c2c(-n3ccnc3)cc(=O)oc2c1. The minimum atomic E-state index is -0.448. The highest BCUT2D eigenvalue weighted by molar-refractivity contribution is 5.92. The Bertz CT molecular complexity index is 806. The zero-order valence-electron chi connectivity index (χ0n) is 11.0. The lowest BCUT2D eigenvalue weighted by Crippen LogP contribution is -2.04. The third-order valence-electron chi connectivity index (χ3n) is 3.00. The molecule has 3 aromatic rings. The summed E-state index contributed by atoms with van der Waals surface area (Å²) in [7, 11) is 3.09. The number of ether oxygens (including phenoxy) is 2. The smallest absolute Gasteiger partial charge is 0.338 e. The molecule has 0 saturated carbocycles. The van der Waals surface area contributed by atoms with Crippen LogP contribution >= 0.6 is 0 Å². The molecule has 1 aromatic carbocycles. The molecule has 0 aliphatic carbocycles. The third-order valence-corrected chi connectivity index (χ3v) is 3.00. The number of benzene rings is 1. The fourth-order valence-corrected chi connectivity index (χ4v) is 2.10. The largest absolute Gasteiger partial charge is 0.496 e. The summed E-state index contributed by atoms with van der Waals surface area (Å²) in [5.74, 6) is 1.12. The van der Waals surface area contributed by atoms with Crippen molar-refractivity contribution in [2.45, 2.75) is 0 Å². The molecule has 102 valence electrons. The van der Waals surface area contributed by atoms with Crippen molar-refractivity contribution >= 4 is 11.0 Å². The maximum Gasteiger partial charge on any atom is 0.338 e. The first kappa shape index (κ1) is 12.3. The van der Waals surface area contributed by atoms with E-state index in [9.17, 15) is 4.79 Å². The number of fused-ring (bicyclic) bond motifs is 1. The van der Waals surface area contributed by atoms with Gasteiger partial charge in [0.1, 0.15) is 17.1 Å². The number of hydrogen-bond acceptors (Lipinski definition) is 5. The molecule has 0 atom stereocenters. The molecule has 6 heteroatoms. The molecule has 2 aromatic heterocycles. The highest BCUT2D eigenvalue weighted by atomic mass is 16.5. The van der Waals surface area contributed by atoms with Gasteiger partial charge in [-0.1, -0.05) is 0 Å². The van der Waals surface area contributed by atoms with Gasteiger partial charge < -0.3 is 18.5 Å². The second kappa shape index (κ2) is 4.73. The normalized spacial score (nSPS) is 10.7.